The van der Waals surface area contributed by atoms with E-state index in [1.807, 2.05) is 20.3 Å². The second-order valence-electron chi connectivity index (χ2n) is 0.577. The van der Waals surface area contributed by atoms with Crippen LogP contribution in [0.1, 0.15) is 36.1 Å². The molecule has 0 aromatic rings. The maximum atomic E-state index is 2.00. The molecule has 0 atom stereocenters. The van der Waals surface area contributed by atoms with E-state index in [1.165, 1.54) is 0 Å². The summed E-state index contributed by atoms with van der Waals surface area (Å²) in [6.45, 7) is 4.00. The normalized spacial score (nSPS) is 2.00. The van der Waals surface area contributed by atoms with Gasteiger partial charge in [0.1, 0.15) is 0 Å². The third-order valence-corrected chi connectivity index (χ3v) is 0. The van der Waals surface area contributed by atoms with Gasteiger partial charge in [0.25, 0.3) is 0 Å². The van der Waals surface area contributed by atoms with Crippen LogP contribution in [0.15, 0.2) is 0 Å². The third kappa shape index (κ3) is 21700. The van der Waals surface area contributed by atoms with E-state index in [2.05, 4.69) is 0 Å². The second kappa shape index (κ2) is 165. The summed E-state index contributed by atoms with van der Waals surface area (Å²) in [6, 6.07) is 0. The molecule has 0 unspecified atom stereocenters. The fourth-order valence-electron chi connectivity index (χ4n) is 0. The summed E-state index contributed by atoms with van der Waals surface area (Å²) >= 11 is 0. The first-order chi connectivity index (χ1) is 1.41. The fraction of sp³-hybridized carbons (Fsp3) is 0.833. The van der Waals surface area contributed by atoms with Crippen LogP contribution in [0.2, 0.25) is 0 Å². The van der Waals surface area contributed by atoms with E-state index < -0.39 is 0 Å². The van der Waals surface area contributed by atoms with Gasteiger partial charge in [0.05, 0.1) is 20.3 Å². The highest BCUT2D eigenvalue weighted by Gasteiger charge is 1.49. The van der Waals surface area contributed by atoms with Gasteiger partial charge < -0.3 is 0 Å². The molecule has 0 aliphatic rings. The highest BCUT2D eigenvalue weighted by molar-refractivity contribution is 5.75. The maximum absolute atomic E-state index is 2.00. The molecule has 50 valence electrons. The average molecular weight is 106 g/mol. The zero-order valence-electron chi connectivity index (χ0n) is 2.58. The van der Waals surface area contributed by atoms with Gasteiger partial charge in [0, 0.05) is 0 Å². The van der Waals surface area contributed by atoms with E-state index in [1.54, 1.807) is 0 Å². The first kappa shape index (κ1) is 65.2. The number of hydrogen-bond acceptors (Lipinski definition) is 0. The molecule has 0 spiro atoms. The van der Waals surface area contributed by atoms with Gasteiger partial charge in [0.15, 0.2) is 0 Å². The molecule has 0 rings (SSSR count). The van der Waals surface area contributed by atoms with Gasteiger partial charge in [-0.25, -0.2) is 0 Å². The van der Waals surface area contributed by atoms with E-state index in [0.29, 0.717) is 0 Å². The monoisotopic (exact) mass is 106 g/mol. The zero-order chi connectivity index (χ0) is 2.71. The van der Waals surface area contributed by atoms with Gasteiger partial charge in [-0.2, -0.15) is 0 Å². The van der Waals surface area contributed by atoms with Crippen LogP contribution in [0.5, 0.6) is 0 Å². The van der Waals surface area contributed by atoms with Gasteiger partial charge in [-0.3, -0.25) is 0 Å². The molecule has 0 aliphatic heterocycles. The summed E-state index contributed by atoms with van der Waals surface area (Å²) in [4.78, 5) is 0. The Morgan fingerprint density at radius 2 is 0.857 bits per heavy atom. The lowest BCUT2D eigenvalue weighted by atomic mass is 10.6. The predicted molar refractivity (Wildman–Crippen MR) is 47.2 cm³/mol. The minimum Gasteiger partial charge on any atom is -0.0776 e. The van der Waals surface area contributed by atoms with Crippen LogP contribution in [0, 0.1) is 6.42 Å². The highest BCUT2D eigenvalue weighted by atomic mass is 13.4. The molecule has 7 heavy (non-hydrogen) atoms. The van der Waals surface area contributed by atoms with E-state index in [-0.39, 0.29) is 30.7 Å². The summed E-state index contributed by atoms with van der Waals surface area (Å²) in [7, 11) is 0. The molecule has 0 amide bonds. The van der Waals surface area contributed by atoms with Gasteiger partial charge in [-0.1, -0.05) is 30.7 Å². The van der Waals surface area contributed by atoms with Crippen LogP contribution in [0.3, 0.4) is 0 Å². The van der Waals surface area contributed by atoms with Crippen LogP contribution in [-0.4, -0.2) is 8.41 Å². The van der Waals surface area contributed by atoms with Crippen molar-refractivity contribution in [3.63, 3.8) is 0 Å². The van der Waals surface area contributed by atoms with Crippen LogP contribution >= 0.6 is 0 Å². The topological polar surface area (TPSA) is 0 Å². The lowest BCUT2D eigenvalue weighted by Gasteiger charge is -1.34. The molecular formula is C6H23B. The predicted octanol–water partition coefficient (Wildman–Crippen LogP) is 1.69. The van der Waals surface area contributed by atoms with Crippen LogP contribution in [-0.2, 0) is 0 Å². The SMILES string of the molecule is C.C.C.C[CH+]C.[BH4-]. The standard InChI is InChI=1S/C3H7.3CH4.BH4/c1-3-2;;;;/h3H,1-2H3;4*1H4/q+1;;;;-1. The van der Waals surface area contributed by atoms with Crippen molar-refractivity contribution in [1.29, 1.82) is 0 Å². The smallest absolute Gasteiger partial charge is 0.0768 e. The van der Waals surface area contributed by atoms with Crippen LogP contribution in [0.25, 0.3) is 0 Å². The van der Waals surface area contributed by atoms with Crippen LogP contribution < -0.4 is 0 Å². The van der Waals surface area contributed by atoms with Crippen molar-refractivity contribution in [1.82, 2.24) is 0 Å². The Kier molecular flexibility index (Phi) is 1540. The van der Waals surface area contributed by atoms with Gasteiger partial charge in [-0.05, 0) is 0 Å². The van der Waals surface area contributed by atoms with Gasteiger partial charge in [0.2, 0.25) is 0 Å². The van der Waals surface area contributed by atoms with Crippen molar-refractivity contribution < 1.29 is 0 Å². The Labute approximate surface area is 51.9 Å². The molecule has 0 aliphatic carbocycles. The Morgan fingerprint density at radius 1 is 0.857 bits per heavy atom. The van der Waals surface area contributed by atoms with E-state index in [0.717, 1.165) is 0 Å². The van der Waals surface area contributed by atoms with Crippen molar-refractivity contribution in [2.45, 2.75) is 36.1 Å². The molecule has 0 aromatic carbocycles. The fourth-order valence-corrected chi connectivity index (χ4v) is 0. The molecule has 0 radical (unpaired) electrons. The molecular weight excluding hydrogens is 82.9 g/mol. The van der Waals surface area contributed by atoms with Gasteiger partial charge in [-0.15, -0.1) is 0 Å². The molecule has 0 saturated carbocycles. The largest absolute Gasteiger partial charge is 0.0776 e. The summed E-state index contributed by atoms with van der Waals surface area (Å²) in [5.74, 6) is 0. The van der Waals surface area contributed by atoms with E-state index in [4.69, 9.17) is 0 Å². The average Bonchev–Trinajstić information content (AvgIpc) is 0.918. The molecule has 0 saturated heterocycles. The molecule has 0 bridgehead atoms. The summed E-state index contributed by atoms with van der Waals surface area (Å²) < 4.78 is 0. The third-order valence-electron chi connectivity index (χ3n) is 0. The molecule has 1 heteroatoms. The van der Waals surface area contributed by atoms with Crippen molar-refractivity contribution >= 4 is 8.41 Å². The van der Waals surface area contributed by atoms with E-state index >= 15 is 0 Å². The Balaban J connectivity index is -0.00000000333. The quantitative estimate of drug-likeness (QED) is 0.325. The lowest BCUT2D eigenvalue weighted by Crippen LogP contribution is -1.30. The molecule has 0 fully saturated rings. The Bertz CT molecular complexity index is 4.14. The first-order valence-electron chi connectivity index (χ1n) is 1.15. The minimum absolute atomic E-state index is 0. The Hall–Kier alpha value is -0.0651. The maximum Gasteiger partial charge on any atom is 0.0768 e. The highest BCUT2D eigenvalue weighted by Crippen LogP contribution is 1.53. The zero-order valence-corrected chi connectivity index (χ0v) is 2.58. The molecule has 0 heterocycles. The van der Waals surface area contributed by atoms with Crippen molar-refractivity contribution in [2.75, 3.05) is 0 Å². The van der Waals surface area contributed by atoms with Crippen LogP contribution in [0.4, 0.5) is 0 Å². The number of hydrogen-bond donors (Lipinski definition) is 0. The van der Waals surface area contributed by atoms with Gasteiger partial charge >= 0.3 is 0 Å². The summed E-state index contributed by atoms with van der Waals surface area (Å²) in [6.07, 6.45) is 2.00. The summed E-state index contributed by atoms with van der Waals surface area (Å²) in [5, 5.41) is 0. The van der Waals surface area contributed by atoms with Crippen molar-refractivity contribution in [3.05, 3.63) is 6.42 Å². The Morgan fingerprint density at radius 3 is 0.857 bits per heavy atom. The molecule has 0 N–H and O–H groups in total. The second-order valence-corrected chi connectivity index (χ2v) is 0.577. The van der Waals surface area contributed by atoms with Crippen molar-refractivity contribution in [3.8, 4) is 0 Å². The summed E-state index contributed by atoms with van der Waals surface area (Å²) in [5.41, 5.74) is 0. The molecule has 0 nitrogen and oxygen atoms in total. The number of rotatable bonds is 0. The lowest BCUT2D eigenvalue weighted by molar-refractivity contribution is 1.41. The first-order valence-corrected chi connectivity index (χ1v) is 1.15. The molecule has 0 aromatic heterocycles. The minimum atomic E-state index is 0. The van der Waals surface area contributed by atoms with Crippen molar-refractivity contribution in [2.24, 2.45) is 0 Å². The van der Waals surface area contributed by atoms with E-state index in [9.17, 15) is 0 Å².